The van der Waals surface area contributed by atoms with Crippen molar-refractivity contribution in [3.8, 4) is 0 Å². The summed E-state index contributed by atoms with van der Waals surface area (Å²) in [6.45, 7) is 24.5. The number of benzene rings is 3. The van der Waals surface area contributed by atoms with Crippen LogP contribution in [0.2, 0.25) is 0 Å². The molecule has 190 valence electrons. The van der Waals surface area contributed by atoms with Crippen molar-refractivity contribution >= 4 is 10.8 Å². The van der Waals surface area contributed by atoms with Crippen LogP contribution in [-0.4, -0.2) is 0 Å². The minimum atomic E-state index is 0. The molecule has 0 bridgehead atoms. The van der Waals surface area contributed by atoms with Crippen molar-refractivity contribution in [3.05, 3.63) is 82.9 Å². The molecule has 0 spiro atoms. The fraction of sp³-hybridized carbons (Fsp3) is 0.500. The third kappa shape index (κ3) is 19.9. The molecule has 0 saturated carbocycles. The van der Waals surface area contributed by atoms with Gasteiger partial charge in [0, 0.05) is 0 Å². The molecule has 0 aliphatic carbocycles. The average molecular weight is 447 g/mol. The van der Waals surface area contributed by atoms with Gasteiger partial charge in [0.15, 0.2) is 0 Å². The van der Waals surface area contributed by atoms with Crippen molar-refractivity contribution in [1.29, 1.82) is 0 Å². The van der Waals surface area contributed by atoms with Crippen LogP contribution in [0.1, 0.15) is 107 Å². The first-order chi connectivity index (χ1) is 13.6. The summed E-state index contributed by atoms with van der Waals surface area (Å²) in [5, 5.41) is 2.75. The van der Waals surface area contributed by atoms with E-state index in [9.17, 15) is 0 Å². The standard InChI is InChI=1S/C12H12.C8H10.4C2H6.4CH4/c1-9-7-8-10(2)12-6-4-3-5-11(9)12;1-7-3-5-8(2)6-4-7;4*1-2;;;;/h3-8H,1-2H3;3-6H,1-2H3;4*1-2H3;4*1H4. The third-order valence-electron chi connectivity index (χ3n) is 3.58. The van der Waals surface area contributed by atoms with Crippen LogP contribution in [0.3, 0.4) is 0 Å². The van der Waals surface area contributed by atoms with Crippen LogP contribution in [0, 0.1) is 27.7 Å². The van der Waals surface area contributed by atoms with Crippen LogP contribution in [0.15, 0.2) is 60.7 Å². The van der Waals surface area contributed by atoms with E-state index in [4.69, 9.17) is 0 Å². The summed E-state index contributed by atoms with van der Waals surface area (Å²) in [6.07, 6.45) is 0. The van der Waals surface area contributed by atoms with Gasteiger partial charge in [-0.1, -0.05) is 157 Å². The highest BCUT2D eigenvalue weighted by atomic mass is 14.0. The van der Waals surface area contributed by atoms with E-state index in [1.807, 2.05) is 55.4 Å². The Morgan fingerprint density at radius 3 is 0.781 bits per heavy atom. The summed E-state index contributed by atoms with van der Waals surface area (Å²) < 4.78 is 0. The Bertz CT molecular complexity index is 629. The van der Waals surface area contributed by atoms with Crippen molar-refractivity contribution in [2.24, 2.45) is 0 Å². The highest BCUT2D eigenvalue weighted by Gasteiger charge is 1.97. The summed E-state index contributed by atoms with van der Waals surface area (Å²) in [4.78, 5) is 0. The van der Waals surface area contributed by atoms with Gasteiger partial charge in [-0.15, -0.1) is 0 Å². The van der Waals surface area contributed by atoms with Gasteiger partial charge in [-0.25, -0.2) is 0 Å². The lowest BCUT2D eigenvalue weighted by atomic mass is 10.0. The van der Waals surface area contributed by atoms with E-state index in [2.05, 4.69) is 88.4 Å². The van der Waals surface area contributed by atoms with Crippen LogP contribution < -0.4 is 0 Å². The maximum Gasteiger partial charge on any atom is -0.0152 e. The lowest BCUT2D eigenvalue weighted by Crippen LogP contribution is -1.80. The minimum Gasteiger partial charge on any atom is -0.0776 e. The molecule has 32 heavy (non-hydrogen) atoms. The van der Waals surface area contributed by atoms with Gasteiger partial charge < -0.3 is 0 Å². The Hall–Kier alpha value is -2.08. The summed E-state index contributed by atoms with van der Waals surface area (Å²) in [6, 6.07) is 21.4. The molecule has 0 fully saturated rings. The molecule has 0 aliphatic rings. The second-order valence-corrected chi connectivity index (χ2v) is 5.40. The molecule has 0 nitrogen and oxygen atoms in total. The van der Waals surface area contributed by atoms with Crippen LogP contribution in [0.4, 0.5) is 0 Å². The maximum absolute atomic E-state index is 2.18. The van der Waals surface area contributed by atoms with E-state index in [1.165, 1.54) is 33.0 Å². The van der Waals surface area contributed by atoms with E-state index in [1.54, 1.807) is 0 Å². The van der Waals surface area contributed by atoms with Gasteiger partial charge in [0.25, 0.3) is 0 Å². The lowest BCUT2D eigenvalue weighted by molar-refractivity contribution is 1.40. The first-order valence-electron chi connectivity index (χ1n) is 11.1. The first kappa shape index (κ1) is 47.6. The van der Waals surface area contributed by atoms with Gasteiger partial charge in [-0.05, 0) is 49.6 Å². The second-order valence-electron chi connectivity index (χ2n) is 5.40. The van der Waals surface area contributed by atoms with E-state index in [-0.39, 0.29) is 29.7 Å². The Morgan fingerprint density at radius 2 is 0.562 bits per heavy atom. The quantitative estimate of drug-likeness (QED) is 0.322. The SMILES string of the molecule is C.C.C.C.CC.CC.CC.CC.Cc1ccc(C)c2ccccc12.Cc1ccc(C)cc1. The zero-order valence-corrected chi connectivity index (χ0v) is 20.8. The maximum atomic E-state index is 2.18. The number of rotatable bonds is 0. The molecule has 0 aliphatic heterocycles. The summed E-state index contributed by atoms with van der Waals surface area (Å²) >= 11 is 0. The molecule has 3 rings (SSSR count). The monoisotopic (exact) mass is 446 g/mol. The highest BCUT2D eigenvalue weighted by molar-refractivity contribution is 5.88. The van der Waals surface area contributed by atoms with Crippen LogP contribution in [-0.2, 0) is 0 Å². The first-order valence-corrected chi connectivity index (χ1v) is 11.1. The number of hydrogen-bond acceptors (Lipinski definition) is 0. The zero-order valence-electron chi connectivity index (χ0n) is 20.8. The minimum absolute atomic E-state index is 0. The molecule has 3 aromatic rings. The third-order valence-corrected chi connectivity index (χ3v) is 3.58. The van der Waals surface area contributed by atoms with Crippen LogP contribution >= 0.6 is 0 Å². The predicted molar refractivity (Wildman–Crippen MR) is 162 cm³/mol. The Balaban J connectivity index is -0.0000000558. The van der Waals surface area contributed by atoms with Gasteiger partial charge in [0.2, 0.25) is 0 Å². The molecule has 0 aromatic heterocycles. The zero-order chi connectivity index (χ0) is 22.5. The van der Waals surface area contributed by atoms with E-state index < -0.39 is 0 Å². The van der Waals surface area contributed by atoms with Crippen molar-refractivity contribution in [1.82, 2.24) is 0 Å². The predicted octanol–water partition coefficient (Wildman–Crippen LogP) is 12.4. The molecule has 0 radical (unpaired) electrons. The summed E-state index contributed by atoms with van der Waals surface area (Å²) in [5.74, 6) is 0. The van der Waals surface area contributed by atoms with Crippen molar-refractivity contribution in [2.45, 2.75) is 113 Å². The highest BCUT2D eigenvalue weighted by Crippen LogP contribution is 2.20. The van der Waals surface area contributed by atoms with Crippen molar-refractivity contribution in [3.63, 3.8) is 0 Å². The van der Waals surface area contributed by atoms with Crippen molar-refractivity contribution in [2.75, 3.05) is 0 Å². The van der Waals surface area contributed by atoms with Gasteiger partial charge in [-0.3, -0.25) is 0 Å². The largest absolute Gasteiger partial charge is 0.0776 e. The molecule has 0 atom stereocenters. The van der Waals surface area contributed by atoms with Gasteiger partial charge >= 0.3 is 0 Å². The van der Waals surface area contributed by atoms with Gasteiger partial charge in [-0.2, -0.15) is 0 Å². The molecule has 0 heterocycles. The molecular weight excluding hydrogens is 384 g/mol. The number of fused-ring (bicyclic) bond motifs is 1. The Kier molecular flexibility index (Phi) is 50.0. The smallest absolute Gasteiger partial charge is 0.0152 e. The van der Waals surface area contributed by atoms with E-state index in [0.29, 0.717) is 0 Å². The van der Waals surface area contributed by atoms with E-state index >= 15 is 0 Å². The Morgan fingerprint density at radius 1 is 0.344 bits per heavy atom. The molecule has 0 amide bonds. The molecule has 0 saturated heterocycles. The summed E-state index contributed by atoms with van der Waals surface area (Å²) in [5.41, 5.74) is 5.37. The molecular formula is C32H62. The fourth-order valence-electron chi connectivity index (χ4n) is 2.24. The Labute approximate surface area is 206 Å². The number of aryl methyl sites for hydroxylation is 4. The van der Waals surface area contributed by atoms with Crippen molar-refractivity contribution < 1.29 is 0 Å². The average Bonchev–Trinajstić information content (AvgIpc) is 2.79. The van der Waals surface area contributed by atoms with Crippen LogP contribution in [0.5, 0.6) is 0 Å². The fourth-order valence-corrected chi connectivity index (χ4v) is 2.24. The van der Waals surface area contributed by atoms with E-state index in [0.717, 1.165) is 0 Å². The second kappa shape index (κ2) is 33.6. The number of hydrogen-bond donors (Lipinski definition) is 0. The molecule has 0 unspecified atom stereocenters. The molecule has 3 aromatic carbocycles. The summed E-state index contributed by atoms with van der Waals surface area (Å²) in [7, 11) is 0. The molecule has 0 N–H and O–H groups in total. The lowest BCUT2D eigenvalue weighted by Gasteiger charge is -2.03. The normalized spacial score (nSPS) is 7.00. The van der Waals surface area contributed by atoms with Crippen LogP contribution in [0.25, 0.3) is 10.8 Å². The molecule has 0 heteroatoms. The van der Waals surface area contributed by atoms with Gasteiger partial charge in [0.05, 0.1) is 0 Å². The topological polar surface area (TPSA) is 0 Å². The van der Waals surface area contributed by atoms with Gasteiger partial charge in [0.1, 0.15) is 0 Å².